The van der Waals surface area contributed by atoms with Gasteiger partial charge < -0.3 is 20.0 Å². The Balaban J connectivity index is 1.37. The van der Waals surface area contributed by atoms with Crippen molar-refractivity contribution in [1.82, 2.24) is 9.80 Å². The summed E-state index contributed by atoms with van der Waals surface area (Å²) in [7, 11) is 0. The van der Waals surface area contributed by atoms with Gasteiger partial charge >= 0.3 is 5.97 Å². The second-order valence-electron chi connectivity index (χ2n) is 10.6. The summed E-state index contributed by atoms with van der Waals surface area (Å²) in [4.78, 5) is 29.1. The molecule has 0 spiro atoms. The average Bonchev–Trinajstić information content (AvgIpc) is 2.97. The Morgan fingerprint density at radius 1 is 1.08 bits per heavy atom. The smallest absolute Gasteiger partial charge is 0.323 e. The van der Waals surface area contributed by atoms with E-state index >= 15 is 0 Å². The van der Waals surface area contributed by atoms with Crippen LogP contribution in [0.25, 0.3) is 5.57 Å². The first kappa shape index (κ1) is 26.4. The van der Waals surface area contributed by atoms with Crippen molar-refractivity contribution in [3.8, 4) is 0 Å². The molecular formula is C31H33ClN2O4. The number of halogens is 1. The number of carbonyl (C=O) groups excluding carboxylic acids is 1. The van der Waals surface area contributed by atoms with Crippen LogP contribution in [0.1, 0.15) is 47.7 Å². The maximum absolute atomic E-state index is 13.6. The Bertz CT molecular complexity index is 1310. The first-order chi connectivity index (χ1) is 18.2. The van der Waals surface area contributed by atoms with Crippen molar-refractivity contribution in [3.05, 3.63) is 101 Å². The number of likely N-dealkylation sites (tertiary alicyclic amines) is 1. The van der Waals surface area contributed by atoms with Crippen molar-refractivity contribution >= 4 is 29.1 Å². The molecule has 0 bridgehead atoms. The Morgan fingerprint density at radius 3 is 2.45 bits per heavy atom. The van der Waals surface area contributed by atoms with Crippen molar-refractivity contribution < 1.29 is 19.8 Å². The largest absolute Gasteiger partial charge is 0.480 e. The molecule has 1 aliphatic carbocycles. The molecular weight excluding hydrogens is 500 g/mol. The molecule has 1 saturated heterocycles. The van der Waals surface area contributed by atoms with Crippen LogP contribution in [0.2, 0.25) is 5.02 Å². The fourth-order valence-electron chi connectivity index (χ4n) is 6.11. The third-order valence-electron chi connectivity index (χ3n) is 8.25. The molecule has 1 amide bonds. The molecule has 2 aliphatic heterocycles. The highest BCUT2D eigenvalue weighted by Crippen LogP contribution is 2.47. The highest BCUT2D eigenvalue weighted by Gasteiger charge is 2.45. The zero-order valence-corrected chi connectivity index (χ0v) is 22.3. The number of aliphatic carboxylic acids is 1. The van der Waals surface area contributed by atoms with Gasteiger partial charge in [-0.25, -0.2) is 0 Å². The number of carboxylic acid groups (broad SMARTS) is 1. The van der Waals surface area contributed by atoms with E-state index in [4.69, 9.17) is 11.6 Å². The Kier molecular flexibility index (Phi) is 7.32. The van der Waals surface area contributed by atoms with Gasteiger partial charge in [0.1, 0.15) is 6.54 Å². The lowest BCUT2D eigenvalue weighted by molar-refractivity contribution is -0.138. The molecule has 6 nitrogen and oxygen atoms in total. The van der Waals surface area contributed by atoms with Crippen LogP contribution < -0.4 is 0 Å². The van der Waals surface area contributed by atoms with Crippen molar-refractivity contribution in [3.63, 3.8) is 0 Å². The van der Waals surface area contributed by atoms with Crippen molar-refractivity contribution in [2.75, 3.05) is 26.2 Å². The normalized spacial score (nSPS) is 25.7. The lowest BCUT2D eigenvalue weighted by Crippen LogP contribution is -2.49. The van der Waals surface area contributed by atoms with E-state index in [9.17, 15) is 19.8 Å². The number of amides is 1. The molecule has 2 heterocycles. The number of allylic oxidation sites excluding steroid dienone is 2. The summed E-state index contributed by atoms with van der Waals surface area (Å²) in [6.45, 7) is 4.12. The second-order valence-corrected chi connectivity index (χ2v) is 11.1. The second kappa shape index (κ2) is 10.5. The molecule has 2 aromatic rings. The van der Waals surface area contributed by atoms with Gasteiger partial charge in [0.05, 0.1) is 11.6 Å². The topological polar surface area (TPSA) is 81.1 Å². The molecule has 1 fully saturated rings. The van der Waals surface area contributed by atoms with Gasteiger partial charge in [0, 0.05) is 35.6 Å². The number of fused-ring (bicyclic) bond motifs is 2. The summed E-state index contributed by atoms with van der Waals surface area (Å²) in [6, 6.07) is 14.6. The van der Waals surface area contributed by atoms with Gasteiger partial charge in [-0.15, -0.1) is 0 Å². The molecule has 0 aromatic heterocycles. The monoisotopic (exact) mass is 532 g/mol. The van der Waals surface area contributed by atoms with Gasteiger partial charge in [0.15, 0.2) is 0 Å². The number of aliphatic hydroxyl groups is 1. The van der Waals surface area contributed by atoms with E-state index < -0.39 is 23.0 Å². The minimum absolute atomic E-state index is 0.264. The number of hydrogen-bond donors (Lipinski definition) is 2. The zero-order chi connectivity index (χ0) is 26.9. The molecule has 2 atom stereocenters. The number of carboxylic acids is 1. The molecule has 2 aromatic carbocycles. The SMILES string of the molecule is CC12C=CC=CC1N(CC(=O)O)C(=O)c1ccccc1/C2=C/CCN1CCC(O)(c2ccc(Cl)cc2)CC1. The van der Waals surface area contributed by atoms with Crippen LogP contribution >= 0.6 is 11.6 Å². The fourth-order valence-corrected chi connectivity index (χ4v) is 6.23. The number of nitrogens with zero attached hydrogens (tertiary/aromatic N) is 2. The quantitative estimate of drug-likeness (QED) is 0.538. The first-order valence-corrected chi connectivity index (χ1v) is 13.5. The minimum atomic E-state index is -1.03. The Labute approximate surface area is 228 Å². The van der Waals surface area contributed by atoms with E-state index in [1.54, 1.807) is 6.07 Å². The summed E-state index contributed by atoms with van der Waals surface area (Å²) >= 11 is 6.02. The standard InChI is InChI=1S/C31H33ClN2O4/c1-30-15-5-4-10-27(30)34(21-28(35)36)29(37)25-8-3-2-7-24(25)26(30)9-6-18-33-19-16-31(38,17-20-33)22-11-13-23(32)14-12-22/h2-5,7-15,27,38H,6,16-21H2,1H3,(H,35,36)/b26-9-. The van der Waals surface area contributed by atoms with Crippen LogP contribution in [0.3, 0.4) is 0 Å². The maximum Gasteiger partial charge on any atom is 0.323 e. The highest BCUT2D eigenvalue weighted by molar-refractivity contribution is 6.30. The highest BCUT2D eigenvalue weighted by atomic mass is 35.5. The molecule has 3 aliphatic rings. The van der Waals surface area contributed by atoms with E-state index in [-0.39, 0.29) is 12.5 Å². The van der Waals surface area contributed by atoms with E-state index in [2.05, 4.69) is 24.0 Å². The number of rotatable bonds is 6. The van der Waals surface area contributed by atoms with Crippen LogP contribution in [0.4, 0.5) is 0 Å². The summed E-state index contributed by atoms with van der Waals surface area (Å²) in [5.41, 5.74) is 1.92. The number of benzene rings is 2. The summed E-state index contributed by atoms with van der Waals surface area (Å²) in [5.74, 6) is -1.29. The van der Waals surface area contributed by atoms with Crippen LogP contribution in [-0.4, -0.2) is 64.1 Å². The van der Waals surface area contributed by atoms with Gasteiger partial charge in [0.2, 0.25) is 0 Å². The summed E-state index contributed by atoms with van der Waals surface area (Å²) < 4.78 is 0. The number of carbonyl (C=O) groups is 2. The van der Waals surface area contributed by atoms with Crippen molar-refractivity contribution in [1.29, 1.82) is 0 Å². The molecule has 2 N–H and O–H groups in total. The molecule has 0 saturated carbocycles. The predicted molar refractivity (Wildman–Crippen MR) is 149 cm³/mol. The van der Waals surface area contributed by atoms with E-state index in [0.717, 1.165) is 42.8 Å². The lowest BCUT2D eigenvalue weighted by atomic mass is 9.70. The number of piperidine rings is 1. The third kappa shape index (κ3) is 4.96. The zero-order valence-electron chi connectivity index (χ0n) is 21.5. The maximum atomic E-state index is 13.6. The van der Waals surface area contributed by atoms with Crippen LogP contribution in [0.15, 0.2) is 78.9 Å². The average molecular weight is 533 g/mol. The molecule has 198 valence electrons. The minimum Gasteiger partial charge on any atom is -0.480 e. The molecule has 0 radical (unpaired) electrons. The summed E-state index contributed by atoms with van der Waals surface area (Å²) in [5, 5.41) is 21.5. The van der Waals surface area contributed by atoms with Gasteiger partial charge in [-0.05, 0) is 61.1 Å². The van der Waals surface area contributed by atoms with Gasteiger partial charge in [0.25, 0.3) is 5.91 Å². The van der Waals surface area contributed by atoms with E-state index in [0.29, 0.717) is 23.4 Å². The van der Waals surface area contributed by atoms with Crippen molar-refractivity contribution in [2.45, 2.75) is 37.8 Å². The third-order valence-corrected chi connectivity index (χ3v) is 8.50. The molecule has 5 rings (SSSR count). The molecule has 2 unspecified atom stereocenters. The Morgan fingerprint density at radius 2 is 1.76 bits per heavy atom. The number of hydrogen-bond acceptors (Lipinski definition) is 4. The van der Waals surface area contributed by atoms with E-state index in [1.165, 1.54) is 4.90 Å². The van der Waals surface area contributed by atoms with Gasteiger partial charge in [-0.1, -0.05) is 72.3 Å². The van der Waals surface area contributed by atoms with Crippen LogP contribution in [0.5, 0.6) is 0 Å². The Hall–Kier alpha value is -3.19. The fraction of sp³-hybridized carbons (Fsp3) is 0.355. The summed E-state index contributed by atoms with van der Waals surface area (Å²) in [6.07, 6.45) is 12.2. The predicted octanol–water partition coefficient (Wildman–Crippen LogP) is 5.14. The van der Waals surface area contributed by atoms with Crippen LogP contribution in [0, 0.1) is 5.41 Å². The molecule has 7 heteroatoms. The lowest BCUT2D eigenvalue weighted by Gasteiger charge is -2.41. The van der Waals surface area contributed by atoms with Gasteiger partial charge in [-0.2, -0.15) is 0 Å². The van der Waals surface area contributed by atoms with Crippen LogP contribution in [-0.2, 0) is 10.4 Å². The van der Waals surface area contributed by atoms with E-state index in [1.807, 2.05) is 60.7 Å². The van der Waals surface area contributed by atoms with Crippen molar-refractivity contribution in [2.24, 2.45) is 5.41 Å². The van der Waals surface area contributed by atoms with Gasteiger partial charge in [-0.3, -0.25) is 9.59 Å². The first-order valence-electron chi connectivity index (χ1n) is 13.1. The molecule has 38 heavy (non-hydrogen) atoms.